The second kappa shape index (κ2) is 9.70. The highest BCUT2D eigenvalue weighted by molar-refractivity contribution is 7.09. The monoisotopic (exact) mass is 468 g/mol. The lowest BCUT2D eigenvalue weighted by Gasteiger charge is -2.14. The van der Waals surface area contributed by atoms with Crippen LogP contribution in [0.2, 0.25) is 0 Å². The maximum absolute atomic E-state index is 14.7. The lowest BCUT2D eigenvalue weighted by Crippen LogP contribution is -2.31. The minimum Gasteiger partial charge on any atom is -0.493 e. The van der Waals surface area contributed by atoms with Crippen molar-refractivity contribution < 1.29 is 23.4 Å². The summed E-state index contributed by atoms with van der Waals surface area (Å²) in [5.41, 5.74) is 0.659. The quantitative estimate of drug-likeness (QED) is 0.371. The first kappa shape index (κ1) is 22.3. The molecule has 1 atom stereocenters. The van der Waals surface area contributed by atoms with Gasteiger partial charge in [0.25, 0.3) is 0 Å². The molecule has 2 heterocycles. The number of nitrogens with zero attached hydrogens (tertiary/aromatic N) is 2. The number of carbonyl (C=O) groups excluding carboxylic acids is 1. The van der Waals surface area contributed by atoms with Gasteiger partial charge in [0.05, 0.1) is 31.5 Å². The minimum absolute atomic E-state index is 0.0252. The predicted molar refractivity (Wildman–Crippen MR) is 124 cm³/mol. The summed E-state index contributed by atoms with van der Waals surface area (Å²) in [6.07, 6.45) is 3.25. The van der Waals surface area contributed by atoms with Gasteiger partial charge in [0.1, 0.15) is 22.3 Å². The summed E-state index contributed by atoms with van der Waals surface area (Å²) in [6, 6.07) is 8.52. The van der Waals surface area contributed by atoms with E-state index in [0.29, 0.717) is 28.2 Å². The van der Waals surface area contributed by atoms with Crippen LogP contribution in [0.15, 0.2) is 54.2 Å². The molecular weight excluding hydrogens is 447 g/mol. The van der Waals surface area contributed by atoms with Crippen LogP contribution in [0.1, 0.15) is 18.0 Å². The third-order valence-corrected chi connectivity index (χ3v) is 5.75. The highest BCUT2D eigenvalue weighted by atomic mass is 32.1. The van der Waals surface area contributed by atoms with Gasteiger partial charge in [-0.25, -0.2) is 14.2 Å². The first-order chi connectivity index (χ1) is 16.0. The normalized spacial score (nSPS) is 11.6. The number of pyridine rings is 1. The molecule has 0 aliphatic rings. The summed E-state index contributed by atoms with van der Waals surface area (Å²) in [5, 5.41) is 8.48. The molecule has 0 aliphatic heterocycles. The van der Waals surface area contributed by atoms with Gasteiger partial charge in [-0.1, -0.05) is 0 Å². The summed E-state index contributed by atoms with van der Waals surface area (Å²) < 4.78 is 31.2. The topological polar surface area (TPSA) is 94.6 Å². The van der Waals surface area contributed by atoms with Crippen molar-refractivity contribution in [3.8, 4) is 23.0 Å². The van der Waals surface area contributed by atoms with Gasteiger partial charge in [-0.15, -0.1) is 11.3 Å². The van der Waals surface area contributed by atoms with Crippen LogP contribution >= 0.6 is 11.3 Å². The molecule has 4 rings (SSSR count). The fraction of sp³-hybridized carbons (Fsp3) is 0.174. The summed E-state index contributed by atoms with van der Waals surface area (Å²) in [5.74, 6) is 1.15. The number of ether oxygens (including phenoxy) is 3. The Bertz CT molecular complexity index is 1280. The number of rotatable bonds is 7. The molecule has 4 aromatic rings. The van der Waals surface area contributed by atoms with Crippen molar-refractivity contribution in [3.05, 3.63) is 65.0 Å². The van der Waals surface area contributed by atoms with Crippen LogP contribution in [0.3, 0.4) is 0 Å². The van der Waals surface area contributed by atoms with E-state index in [9.17, 15) is 9.18 Å². The van der Waals surface area contributed by atoms with Gasteiger partial charge < -0.3 is 24.8 Å². The molecule has 2 aromatic heterocycles. The first-order valence-corrected chi connectivity index (χ1v) is 10.8. The molecule has 0 saturated carbocycles. The number of benzene rings is 2. The lowest BCUT2D eigenvalue weighted by atomic mass is 10.2. The zero-order valence-corrected chi connectivity index (χ0v) is 18.9. The van der Waals surface area contributed by atoms with Crippen molar-refractivity contribution in [1.82, 2.24) is 15.3 Å². The molecule has 170 valence electrons. The zero-order valence-electron chi connectivity index (χ0n) is 18.1. The number of hydrogen-bond acceptors (Lipinski definition) is 7. The minimum atomic E-state index is -0.637. The van der Waals surface area contributed by atoms with Crippen LogP contribution in [0.4, 0.5) is 14.9 Å². The number of hydrogen-bond donors (Lipinski definition) is 2. The van der Waals surface area contributed by atoms with Crippen LogP contribution in [0.5, 0.6) is 23.0 Å². The van der Waals surface area contributed by atoms with Crippen molar-refractivity contribution >= 4 is 34.0 Å². The number of thiazole rings is 1. The Morgan fingerprint density at radius 1 is 1.03 bits per heavy atom. The van der Waals surface area contributed by atoms with Crippen LogP contribution in [-0.4, -0.2) is 30.2 Å². The SMILES string of the molecule is COc1cc2nccc(Oc3ccc(NC(=O)N[C@H](C)c4nccs4)c(F)c3)c2cc1OC. The third kappa shape index (κ3) is 4.96. The van der Waals surface area contributed by atoms with E-state index < -0.39 is 11.8 Å². The van der Waals surface area contributed by atoms with Gasteiger partial charge in [0.15, 0.2) is 11.5 Å². The Hall–Kier alpha value is -3.92. The molecule has 2 N–H and O–H groups in total. The van der Waals surface area contributed by atoms with E-state index in [1.807, 2.05) is 5.38 Å². The number of urea groups is 1. The molecule has 10 heteroatoms. The number of fused-ring (bicyclic) bond motifs is 1. The second-order valence-electron chi connectivity index (χ2n) is 6.97. The Morgan fingerprint density at radius 3 is 2.52 bits per heavy atom. The van der Waals surface area contributed by atoms with Gasteiger partial charge >= 0.3 is 6.03 Å². The average molecular weight is 469 g/mol. The molecular formula is C23H21FN4O4S. The van der Waals surface area contributed by atoms with E-state index in [1.54, 1.807) is 50.7 Å². The number of nitrogens with one attached hydrogen (secondary N) is 2. The van der Waals surface area contributed by atoms with Gasteiger partial charge in [0, 0.05) is 35.3 Å². The molecule has 33 heavy (non-hydrogen) atoms. The highest BCUT2D eigenvalue weighted by Crippen LogP contribution is 2.37. The smallest absolute Gasteiger partial charge is 0.319 e. The molecule has 8 nitrogen and oxygen atoms in total. The lowest BCUT2D eigenvalue weighted by molar-refractivity contribution is 0.249. The summed E-state index contributed by atoms with van der Waals surface area (Å²) in [4.78, 5) is 20.7. The Labute approximate surface area is 193 Å². The van der Waals surface area contributed by atoms with Gasteiger partial charge in [0.2, 0.25) is 0 Å². The standard InChI is InChI=1S/C23H21FN4O4S/c1-13(22-26-8-9-33-22)27-23(29)28-17-5-4-14(10-16(17)24)32-19-6-7-25-18-12-21(31-3)20(30-2)11-15(18)19/h4-13H,1-3H3,(H2,27,28,29)/t13-/m1/s1. The summed E-state index contributed by atoms with van der Waals surface area (Å²) >= 11 is 1.43. The van der Waals surface area contributed by atoms with Crippen molar-refractivity contribution in [3.63, 3.8) is 0 Å². The Morgan fingerprint density at radius 2 is 1.82 bits per heavy atom. The highest BCUT2D eigenvalue weighted by Gasteiger charge is 2.15. The first-order valence-electron chi connectivity index (χ1n) is 9.93. The molecule has 0 spiro atoms. The van der Waals surface area contributed by atoms with E-state index in [-0.39, 0.29) is 17.5 Å². The van der Waals surface area contributed by atoms with Crippen LogP contribution in [0.25, 0.3) is 10.9 Å². The van der Waals surface area contributed by atoms with Crippen LogP contribution in [0, 0.1) is 5.82 Å². The van der Waals surface area contributed by atoms with E-state index in [4.69, 9.17) is 14.2 Å². The number of aromatic nitrogens is 2. The maximum Gasteiger partial charge on any atom is 0.319 e. The van der Waals surface area contributed by atoms with E-state index in [0.717, 1.165) is 5.01 Å². The second-order valence-corrected chi connectivity index (χ2v) is 7.89. The molecule has 2 amide bonds. The van der Waals surface area contributed by atoms with E-state index in [1.165, 1.54) is 30.6 Å². The molecule has 0 radical (unpaired) electrons. The fourth-order valence-electron chi connectivity index (χ4n) is 3.19. The molecule has 0 aliphatic carbocycles. The number of carbonyl (C=O) groups is 1. The molecule has 0 fully saturated rings. The van der Waals surface area contributed by atoms with Crippen LogP contribution in [-0.2, 0) is 0 Å². The van der Waals surface area contributed by atoms with Crippen molar-refractivity contribution in [1.29, 1.82) is 0 Å². The average Bonchev–Trinajstić information content (AvgIpc) is 3.35. The number of methoxy groups -OCH3 is 2. The molecule has 0 bridgehead atoms. The number of halogens is 1. The number of amides is 2. The van der Waals surface area contributed by atoms with Gasteiger partial charge in [-0.2, -0.15) is 0 Å². The van der Waals surface area contributed by atoms with Crippen molar-refractivity contribution in [2.24, 2.45) is 0 Å². The van der Waals surface area contributed by atoms with E-state index >= 15 is 0 Å². The third-order valence-electron chi connectivity index (χ3n) is 4.79. The predicted octanol–water partition coefficient (Wildman–Crippen LogP) is 5.52. The Balaban J connectivity index is 1.50. The summed E-state index contributed by atoms with van der Waals surface area (Å²) in [7, 11) is 3.08. The molecule has 0 saturated heterocycles. The zero-order chi connectivity index (χ0) is 23.4. The molecule has 0 unspecified atom stereocenters. The van der Waals surface area contributed by atoms with E-state index in [2.05, 4.69) is 20.6 Å². The Kier molecular flexibility index (Phi) is 6.55. The van der Waals surface area contributed by atoms with Gasteiger partial charge in [-0.05, 0) is 31.2 Å². The van der Waals surface area contributed by atoms with Crippen molar-refractivity contribution in [2.45, 2.75) is 13.0 Å². The van der Waals surface area contributed by atoms with Crippen molar-refractivity contribution in [2.75, 3.05) is 19.5 Å². The fourth-order valence-corrected chi connectivity index (χ4v) is 3.84. The molecule has 2 aromatic carbocycles. The number of anilines is 1. The summed E-state index contributed by atoms with van der Waals surface area (Å²) in [6.45, 7) is 1.80. The van der Waals surface area contributed by atoms with Gasteiger partial charge in [-0.3, -0.25) is 4.98 Å². The largest absolute Gasteiger partial charge is 0.493 e. The maximum atomic E-state index is 14.7. The van der Waals surface area contributed by atoms with Crippen LogP contribution < -0.4 is 24.8 Å².